The van der Waals surface area contributed by atoms with E-state index < -0.39 is 5.91 Å². The van der Waals surface area contributed by atoms with Crippen molar-refractivity contribution in [3.63, 3.8) is 0 Å². The second-order valence-electron chi connectivity index (χ2n) is 5.55. The number of morpholine rings is 1. The van der Waals surface area contributed by atoms with Crippen molar-refractivity contribution in [2.45, 2.75) is 26.7 Å². The Hall–Kier alpha value is -1.67. The Morgan fingerprint density at radius 3 is 2.77 bits per heavy atom. The molecule has 1 aromatic heterocycles. The molecule has 2 N–H and O–H groups in total. The van der Waals surface area contributed by atoms with Gasteiger partial charge in [-0.3, -0.25) is 20.4 Å². The van der Waals surface area contributed by atoms with Crippen molar-refractivity contribution in [3.05, 3.63) is 11.1 Å². The molecule has 0 radical (unpaired) electrons. The molecule has 2 heterocycles. The van der Waals surface area contributed by atoms with Crippen molar-refractivity contribution < 1.29 is 14.3 Å². The Kier molecular flexibility index (Phi) is 6.14. The first-order chi connectivity index (χ1) is 10.6. The summed E-state index contributed by atoms with van der Waals surface area (Å²) < 4.78 is 5.29. The van der Waals surface area contributed by atoms with E-state index in [9.17, 15) is 9.59 Å². The van der Waals surface area contributed by atoms with Gasteiger partial charge in [0.25, 0.3) is 5.91 Å². The number of hydrogen-bond acceptors (Lipinski definition) is 6. The number of hydrogen-bond donors (Lipinski definition) is 2. The van der Waals surface area contributed by atoms with Gasteiger partial charge in [0.15, 0.2) is 5.13 Å². The maximum Gasteiger partial charge on any atom is 0.289 e. The normalized spacial score (nSPS) is 15.0. The quantitative estimate of drug-likeness (QED) is 0.794. The maximum absolute atomic E-state index is 12.0. The highest BCUT2D eigenvalue weighted by atomic mass is 32.1. The number of hydrazine groups is 1. The van der Waals surface area contributed by atoms with Gasteiger partial charge in [-0.2, -0.15) is 0 Å². The summed E-state index contributed by atoms with van der Waals surface area (Å²) in [6, 6.07) is 0. The van der Waals surface area contributed by atoms with Gasteiger partial charge in [-0.15, -0.1) is 11.3 Å². The van der Waals surface area contributed by atoms with Gasteiger partial charge in [-0.25, -0.2) is 4.98 Å². The molecule has 1 aliphatic rings. The molecular weight excluding hydrogens is 304 g/mol. The van der Waals surface area contributed by atoms with Crippen molar-refractivity contribution in [1.29, 1.82) is 0 Å². The fraction of sp³-hybridized carbons (Fsp3) is 0.643. The average molecular weight is 326 g/mol. The minimum Gasteiger partial charge on any atom is -0.378 e. The van der Waals surface area contributed by atoms with Crippen LogP contribution in [0.3, 0.4) is 0 Å². The van der Waals surface area contributed by atoms with Crippen LogP contribution in [0.25, 0.3) is 0 Å². The van der Waals surface area contributed by atoms with Crippen LogP contribution < -0.4 is 15.8 Å². The SMILES string of the molecule is CC(C)CCC(=O)NNC(=O)c1csc(N2CCOCC2)n1. The van der Waals surface area contributed by atoms with Crippen LogP contribution in [0.15, 0.2) is 5.38 Å². The summed E-state index contributed by atoms with van der Waals surface area (Å²) in [5, 5.41) is 2.50. The molecule has 22 heavy (non-hydrogen) atoms. The van der Waals surface area contributed by atoms with Crippen LogP contribution in [0.4, 0.5) is 5.13 Å². The highest BCUT2D eigenvalue weighted by Crippen LogP contribution is 2.21. The van der Waals surface area contributed by atoms with E-state index in [1.54, 1.807) is 5.38 Å². The van der Waals surface area contributed by atoms with E-state index in [4.69, 9.17) is 4.74 Å². The van der Waals surface area contributed by atoms with Crippen molar-refractivity contribution in [3.8, 4) is 0 Å². The number of amides is 2. The van der Waals surface area contributed by atoms with Crippen LogP contribution in [-0.4, -0.2) is 43.1 Å². The van der Waals surface area contributed by atoms with Crippen LogP contribution >= 0.6 is 11.3 Å². The second kappa shape index (κ2) is 8.09. The Morgan fingerprint density at radius 2 is 2.09 bits per heavy atom. The number of aromatic nitrogens is 1. The summed E-state index contributed by atoms with van der Waals surface area (Å²) in [6.45, 7) is 7.00. The Labute approximate surface area is 134 Å². The number of nitrogens with one attached hydrogen (secondary N) is 2. The first-order valence-electron chi connectivity index (χ1n) is 7.43. The molecule has 0 unspecified atom stereocenters. The van der Waals surface area contributed by atoms with Gasteiger partial charge in [-0.05, 0) is 12.3 Å². The van der Waals surface area contributed by atoms with Crippen molar-refractivity contribution in [2.75, 3.05) is 31.2 Å². The smallest absolute Gasteiger partial charge is 0.289 e. The fourth-order valence-electron chi connectivity index (χ4n) is 1.94. The number of thiazole rings is 1. The molecule has 0 aromatic carbocycles. The molecule has 122 valence electrons. The van der Waals surface area contributed by atoms with Gasteiger partial charge < -0.3 is 9.64 Å². The predicted molar refractivity (Wildman–Crippen MR) is 84.8 cm³/mol. The zero-order valence-corrected chi connectivity index (χ0v) is 13.7. The molecule has 1 aliphatic heterocycles. The monoisotopic (exact) mass is 326 g/mol. The van der Waals surface area contributed by atoms with Gasteiger partial charge in [-0.1, -0.05) is 13.8 Å². The molecule has 7 nitrogen and oxygen atoms in total. The lowest BCUT2D eigenvalue weighted by Gasteiger charge is -2.25. The molecule has 0 bridgehead atoms. The van der Waals surface area contributed by atoms with Gasteiger partial charge in [0.2, 0.25) is 5.91 Å². The Morgan fingerprint density at radius 1 is 1.36 bits per heavy atom. The van der Waals surface area contributed by atoms with Gasteiger partial charge in [0.1, 0.15) is 5.69 Å². The van der Waals surface area contributed by atoms with E-state index >= 15 is 0 Å². The third-order valence-corrected chi connectivity index (χ3v) is 4.17. The zero-order valence-electron chi connectivity index (χ0n) is 12.9. The molecular formula is C14H22N4O3S. The maximum atomic E-state index is 12.0. The molecule has 1 fully saturated rings. The first kappa shape index (κ1) is 16.7. The van der Waals surface area contributed by atoms with E-state index in [0.29, 0.717) is 31.2 Å². The molecule has 2 amide bonds. The molecule has 0 aliphatic carbocycles. The standard InChI is InChI=1S/C14H22N4O3S/c1-10(2)3-4-12(19)16-17-13(20)11-9-22-14(15-11)18-5-7-21-8-6-18/h9-10H,3-8H2,1-2H3,(H,16,19)(H,17,20). The van der Waals surface area contributed by atoms with Gasteiger partial charge >= 0.3 is 0 Å². The van der Waals surface area contributed by atoms with Crippen LogP contribution in [-0.2, 0) is 9.53 Å². The molecule has 2 rings (SSSR count). The number of carbonyl (C=O) groups is 2. The number of rotatable bonds is 5. The highest BCUT2D eigenvalue weighted by molar-refractivity contribution is 7.13. The van der Waals surface area contributed by atoms with E-state index in [2.05, 4.69) is 20.7 Å². The molecule has 1 aromatic rings. The van der Waals surface area contributed by atoms with Crippen molar-refractivity contribution >= 4 is 28.3 Å². The van der Waals surface area contributed by atoms with E-state index in [0.717, 1.165) is 24.6 Å². The van der Waals surface area contributed by atoms with E-state index in [-0.39, 0.29) is 5.91 Å². The first-order valence-corrected chi connectivity index (χ1v) is 8.31. The third-order valence-electron chi connectivity index (χ3n) is 3.27. The van der Waals surface area contributed by atoms with Crippen LogP contribution in [0.2, 0.25) is 0 Å². The summed E-state index contributed by atoms with van der Waals surface area (Å²) in [5.41, 5.74) is 5.13. The van der Waals surface area contributed by atoms with Crippen molar-refractivity contribution in [1.82, 2.24) is 15.8 Å². The lowest BCUT2D eigenvalue weighted by molar-refractivity contribution is -0.122. The molecule has 1 saturated heterocycles. The predicted octanol–water partition coefficient (Wildman–Crippen LogP) is 1.18. The number of ether oxygens (including phenoxy) is 1. The molecule has 0 spiro atoms. The summed E-state index contributed by atoms with van der Waals surface area (Å²) in [6.07, 6.45) is 1.19. The van der Waals surface area contributed by atoms with E-state index in [1.807, 2.05) is 13.8 Å². The van der Waals surface area contributed by atoms with Crippen molar-refractivity contribution in [2.24, 2.45) is 5.92 Å². The second-order valence-corrected chi connectivity index (χ2v) is 6.39. The summed E-state index contributed by atoms with van der Waals surface area (Å²) in [5.74, 6) is -0.129. The largest absolute Gasteiger partial charge is 0.378 e. The summed E-state index contributed by atoms with van der Waals surface area (Å²) in [7, 11) is 0. The van der Waals surface area contributed by atoms with Gasteiger partial charge in [0, 0.05) is 24.9 Å². The lowest BCUT2D eigenvalue weighted by Crippen LogP contribution is -2.41. The average Bonchev–Trinajstić information content (AvgIpc) is 3.01. The lowest BCUT2D eigenvalue weighted by atomic mass is 10.1. The van der Waals surface area contributed by atoms with E-state index in [1.165, 1.54) is 11.3 Å². The van der Waals surface area contributed by atoms with Gasteiger partial charge in [0.05, 0.1) is 13.2 Å². The van der Waals surface area contributed by atoms with Crippen LogP contribution in [0.5, 0.6) is 0 Å². The third kappa shape index (κ3) is 4.96. The summed E-state index contributed by atoms with van der Waals surface area (Å²) in [4.78, 5) is 29.9. The number of nitrogens with zero attached hydrogens (tertiary/aromatic N) is 2. The Bertz CT molecular complexity index is 512. The molecule has 0 saturated carbocycles. The topological polar surface area (TPSA) is 83.6 Å². The molecule has 8 heteroatoms. The minimum absolute atomic E-state index is 0.189. The number of anilines is 1. The van der Waals surface area contributed by atoms with Crippen LogP contribution in [0.1, 0.15) is 37.2 Å². The minimum atomic E-state index is -0.395. The Balaban J connectivity index is 1.80. The zero-order chi connectivity index (χ0) is 15.9. The number of carbonyl (C=O) groups excluding carboxylic acids is 2. The fourth-order valence-corrected chi connectivity index (χ4v) is 2.80. The highest BCUT2D eigenvalue weighted by Gasteiger charge is 2.17. The summed E-state index contributed by atoms with van der Waals surface area (Å²) >= 11 is 1.42. The van der Waals surface area contributed by atoms with Crippen LogP contribution in [0, 0.1) is 5.92 Å². The molecule has 0 atom stereocenters.